The van der Waals surface area contributed by atoms with Crippen LogP contribution in [0.2, 0.25) is 0 Å². The zero-order valence-electron chi connectivity index (χ0n) is 54.8. The average molecular weight is 1430 g/mol. The smallest absolute Gasteiger partial charge is 0.429 e. The standard InChI is InChI=1S/C27H23F7O2.C27H20F4.C26H21F7O2/c1-2-3-15-4-9-24(35-14-15)17-7-5-16(6-8-17)18-10-20(28)25(21(29)11-18)27(33,34)36-19-12-22(30)26(32)23(31)13-19;1-2-3-17-4-6-18(7-5-17)19-8-10-20(11-9-19)21-12-13-23(24(28)14-21)22-15-25(29)27(31)26(30)16-22;1-2-14-3-8-23(34-13-14)16-6-4-15(5-7-16)17-9-19(27)24(20(28)10-17)26(32,33)35-18-11-21(29)25(31)22(30)12-18/h5-8,10-13,15,24H,2-4,9,14H2,1H3;4-16H,2-3H2,1H3;4-7,9-12,14,23H,2-3,8,13H2,1H3. The Balaban J connectivity index is 0.000000165. The average Bonchev–Trinajstić information content (AvgIpc) is 0.786. The Morgan fingerprint density at radius 3 is 1.01 bits per heavy atom. The highest BCUT2D eigenvalue weighted by atomic mass is 19.3. The summed E-state index contributed by atoms with van der Waals surface area (Å²) in [6.45, 7) is 7.72. The molecule has 0 N–H and O–H groups in total. The van der Waals surface area contributed by atoms with Crippen molar-refractivity contribution in [3.63, 3.8) is 0 Å². The van der Waals surface area contributed by atoms with E-state index in [0.717, 1.165) is 97.7 Å². The Morgan fingerprint density at radius 2 is 0.657 bits per heavy atom. The van der Waals surface area contributed by atoms with E-state index in [1.807, 2.05) is 24.3 Å². The van der Waals surface area contributed by atoms with Gasteiger partial charge in [-0.25, -0.2) is 61.5 Å². The van der Waals surface area contributed by atoms with Gasteiger partial charge in [-0.1, -0.05) is 149 Å². The number of hydrogen-bond donors (Lipinski definition) is 0. The summed E-state index contributed by atoms with van der Waals surface area (Å²) >= 11 is 0. The predicted molar refractivity (Wildman–Crippen MR) is 350 cm³/mol. The van der Waals surface area contributed by atoms with Crippen LogP contribution < -0.4 is 9.47 Å². The molecule has 2 saturated heterocycles. The van der Waals surface area contributed by atoms with Crippen molar-refractivity contribution in [2.75, 3.05) is 13.2 Å². The van der Waals surface area contributed by atoms with Crippen LogP contribution in [-0.2, 0) is 28.1 Å². The van der Waals surface area contributed by atoms with Crippen molar-refractivity contribution in [2.45, 2.75) is 103 Å². The molecule has 4 nitrogen and oxygen atoms in total. The number of benzene rings is 10. The van der Waals surface area contributed by atoms with E-state index < -0.39 is 116 Å². The molecule has 2 aliphatic heterocycles. The fourth-order valence-corrected chi connectivity index (χ4v) is 12.1. The number of ether oxygens (including phenoxy) is 4. The molecule has 12 rings (SSSR count). The summed E-state index contributed by atoms with van der Waals surface area (Å²) in [4.78, 5) is 0. The molecule has 2 fully saturated rings. The van der Waals surface area contributed by atoms with Gasteiger partial charge in [0.2, 0.25) is 0 Å². The van der Waals surface area contributed by atoms with Crippen molar-refractivity contribution in [1.82, 2.24) is 0 Å². The van der Waals surface area contributed by atoms with Crippen molar-refractivity contribution in [3.05, 3.63) is 285 Å². The maximum Gasteiger partial charge on any atom is 0.432 e. The summed E-state index contributed by atoms with van der Waals surface area (Å²) in [5.74, 6) is -23.6. The molecule has 10 aromatic rings. The van der Waals surface area contributed by atoms with Gasteiger partial charge in [0.25, 0.3) is 0 Å². The van der Waals surface area contributed by atoms with Crippen molar-refractivity contribution in [2.24, 2.45) is 11.8 Å². The van der Waals surface area contributed by atoms with E-state index >= 15 is 0 Å². The molecule has 2 heterocycles. The minimum absolute atomic E-state index is 0.000538. The lowest BCUT2D eigenvalue weighted by Crippen LogP contribution is -2.25. The second kappa shape index (κ2) is 32.6. The summed E-state index contributed by atoms with van der Waals surface area (Å²) in [5, 5.41) is 0. The summed E-state index contributed by atoms with van der Waals surface area (Å²) in [6, 6.07) is 39.1. The molecule has 534 valence electrons. The Bertz CT molecular complexity index is 4440. The van der Waals surface area contributed by atoms with Gasteiger partial charge < -0.3 is 18.9 Å². The third-order valence-corrected chi connectivity index (χ3v) is 17.6. The van der Waals surface area contributed by atoms with Crippen LogP contribution in [0.4, 0.5) is 79.0 Å². The first-order chi connectivity index (χ1) is 48.6. The Kier molecular flexibility index (Phi) is 24.0. The van der Waals surface area contributed by atoms with E-state index in [1.54, 1.807) is 54.6 Å². The number of alkyl halides is 4. The summed E-state index contributed by atoms with van der Waals surface area (Å²) in [7, 11) is 0. The first-order valence-corrected chi connectivity index (χ1v) is 32.6. The van der Waals surface area contributed by atoms with Gasteiger partial charge in [0.1, 0.15) is 51.7 Å². The number of aryl methyl sites for hydroxylation is 1. The molecule has 0 aliphatic carbocycles. The van der Waals surface area contributed by atoms with E-state index in [2.05, 4.69) is 54.5 Å². The van der Waals surface area contributed by atoms with Gasteiger partial charge >= 0.3 is 12.2 Å². The van der Waals surface area contributed by atoms with Crippen LogP contribution in [0.1, 0.15) is 112 Å². The maximum atomic E-state index is 14.7. The fraction of sp³-hybridized carbons (Fsp3) is 0.250. The monoisotopic (exact) mass is 1430 g/mol. The van der Waals surface area contributed by atoms with Gasteiger partial charge in [0.05, 0.1) is 25.4 Å². The number of hydrogen-bond acceptors (Lipinski definition) is 4. The second-order valence-electron chi connectivity index (χ2n) is 24.7. The highest BCUT2D eigenvalue weighted by Crippen LogP contribution is 2.42. The molecule has 0 bridgehead atoms. The van der Waals surface area contributed by atoms with Gasteiger partial charge in [-0.15, -0.1) is 0 Å². The van der Waals surface area contributed by atoms with Gasteiger partial charge in [-0.3, -0.25) is 0 Å². The highest BCUT2D eigenvalue weighted by Gasteiger charge is 2.43. The number of rotatable bonds is 18. The zero-order chi connectivity index (χ0) is 73.3. The molecule has 22 heteroatoms. The van der Waals surface area contributed by atoms with Crippen LogP contribution in [0.25, 0.3) is 55.6 Å². The normalized spacial score (nSPS) is 16.2. The lowest BCUT2D eigenvalue weighted by atomic mass is 9.91. The molecule has 10 aromatic carbocycles. The molecule has 0 amide bonds. The topological polar surface area (TPSA) is 36.9 Å². The molecule has 4 unspecified atom stereocenters. The predicted octanol–water partition coefficient (Wildman–Crippen LogP) is 24.7. The van der Waals surface area contributed by atoms with E-state index in [-0.39, 0.29) is 58.7 Å². The minimum Gasteiger partial charge on any atom is -0.429 e. The van der Waals surface area contributed by atoms with Gasteiger partial charge in [0.15, 0.2) is 52.4 Å². The van der Waals surface area contributed by atoms with Crippen molar-refractivity contribution < 1.29 is 98.0 Å². The third-order valence-electron chi connectivity index (χ3n) is 17.6. The first-order valence-electron chi connectivity index (χ1n) is 32.6. The minimum atomic E-state index is -4.64. The van der Waals surface area contributed by atoms with Crippen LogP contribution in [0.3, 0.4) is 0 Å². The third kappa shape index (κ3) is 17.8. The van der Waals surface area contributed by atoms with Crippen LogP contribution >= 0.6 is 0 Å². The highest BCUT2D eigenvalue weighted by molar-refractivity contribution is 5.74. The van der Waals surface area contributed by atoms with Crippen LogP contribution in [0.5, 0.6) is 11.5 Å². The first kappa shape index (κ1) is 75.1. The van der Waals surface area contributed by atoms with Gasteiger partial charge in [0, 0.05) is 29.8 Å². The van der Waals surface area contributed by atoms with Crippen LogP contribution in [0.15, 0.2) is 176 Å². The van der Waals surface area contributed by atoms with Crippen molar-refractivity contribution in [1.29, 1.82) is 0 Å². The van der Waals surface area contributed by atoms with Crippen LogP contribution in [-0.4, -0.2) is 13.2 Å². The Hall–Kier alpha value is -9.54. The fourth-order valence-electron chi connectivity index (χ4n) is 12.1. The molecule has 0 radical (unpaired) electrons. The molecule has 0 saturated carbocycles. The second-order valence-corrected chi connectivity index (χ2v) is 24.7. The maximum absolute atomic E-state index is 14.7. The Morgan fingerprint density at radius 1 is 0.333 bits per heavy atom. The van der Waals surface area contributed by atoms with E-state index in [9.17, 15) is 79.0 Å². The number of halogens is 18. The molecule has 4 atom stereocenters. The van der Waals surface area contributed by atoms with E-state index in [0.29, 0.717) is 66.0 Å². The molecule has 0 aromatic heterocycles. The lowest BCUT2D eigenvalue weighted by Gasteiger charge is -2.29. The van der Waals surface area contributed by atoms with Crippen molar-refractivity contribution in [3.8, 4) is 67.1 Å². The summed E-state index contributed by atoms with van der Waals surface area (Å²) < 4.78 is 271. The van der Waals surface area contributed by atoms with Gasteiger partial charge in [-0.05, 0) is 160 Å². The summed E-state index contributed by atoms with van der Waals surface area (Å²) in [5.41, 5.74) is 3.95. The molecule has 2 aliphatic rings. The quantitative estimate of drug-likeness (QED) is 0.0634. The zero-order valence-corrected chi connectivity index (χ0v) is 54.8. The lowest BCUT2D eigenvalue weighted by molar-refractivity contribution is -0.190. The van der Waals surface area contributed by atoms with Crippen LogP contribution in [0, 0.1) is 93.3 Å². The molecular weight excluding hydrogens is 1370 g/mol. The summed E-state index contributed by atoms with van der Waals surface area (Å²) in [6.07, 6.45) is -0.234. The largest absolute Gasteiger partial charge is 0.432 e. The molecule has 102 heavy (non-hydrogen) atoms. The van der Waals surface area contributed by atoms with E-state index in [4.69, 9.17) is 9.47 Å². The SMILES string of the molecule is CCC1CCC(c2ccc(-c3cc(F)c(C(F)(F)Oc4cc(F)c(F)c(F)c4)c(F)c3)cc2)OC1.CCCC1CCC(c2ccc(-c3cc(F)c(C(F)(F)Oc4cc(F)c(F)c(F)c4)c(F)c3)cc2)OC1.CCCc1ccc(-c2ccc(-c3ccc(-c4cc(F)c(F)c(F)c4)c(F)c3)cc2)cc1. The molecule has 0 spiro atoms. The van der Waals surface area contributed by atoms with Gasteiger partial charge in [-0.2, -0.15) is 17.6 Å². The van der Waals surface area contributed by atoms with E-state index in [1.165, 1.54) is 17.7 Å². The Labute approximate surface area is 576 Å². The van der Waals surface area contributed by atoms with Crippen molar-refractivity contribution >= 4 is 0 Å². The molecular formula is C80H64F18O4.